The van der Waals surface area contributed by atoms with Gasteiger partial charge in [0, 0.05) is 16.7 Å². The molecular formula is C14H11BrF3N. The van der Waals surface area contributed by atoms with E-state index in [0.29, 0.717) is 5.56 Å². The van der Waals surface area contributed by atoms with Gasteiger partial charge in [-0.2, -0.15) is 0 Å². The van der Waals surface area contributed by atoms with Crippen LogP contribution < -0.4 is 5.32 Å². The highest BCUT2D eigenvalue weighted by Crippen LogP contribution is 2.21. The van der Waals surface area contributed by atoms with Crippen LogP contribution in [-0.4, -0.2) is 0 Å². The summed E-state index contributed by atoms with van der Waals surface area (Å²) < 4.78 is 39.8. The molecule has 0 amide bonds. The third kappa shape index (κ3) is 3.29. The maximum atomic E-state index is 13.0. The molecule has 2 aromatic carbocycles. The summed E-state index contributed by atoms with van der Waals surface area (Å²) in [6.07, 6.45) is 0. The van der Waals surface area contributed by atoms with Crippen molar-refractivity contribution < 1.29 is 13.2 Å². The normalized spacial score (nSPS) is 10.6. The number of halogens is 4. The number of nitrogens with one attached hydrogen (secondary N) is 1. The Morgan fingerprint density at radius 2 is 1.68 bits per heavy atom. The van der Waals surface area contributed by atoms with E-state index >= 15 is 0 Å². The molecule has 0 radical (unpaired) electrons. The molecule has 0 aliphatic heterocycles. The number of hydrogen-bond donors (Lipinski definition) is 1. The second-order valence-electron chi connectivity index (χ2n) is 4.19. The van der Waals surface area contributed by atoms with Crippen LogP contribution in [0, 0.1) is 24.4 Å². The van der Waals surface area contributed by atoms with Crippen LogP contribution in [0.3, 0.4) is 0 Å². The number of rotatable bonds is 3. The lowest BCUT2D eigenvalue weighted by atomic mass is 10.2. The summed E-state index contributed by atoms with van der Waals surface area (Å²) >= 11 is 3.40. The van der Waals surface area contributed by atoms with Crippen molar-refractivity contribution in [2.24, 2.45) is 0 Å². The van der Waals surface area contributed by atoms with Gasteiger partial charge in [0.1, 0.15) is 0 Å². The molecule has 0 bridgehead atoms. The highest BCUT2D eigenvalue weighted by atomic mass is 79.9. The second kappa shape index (κ2) is 5.65. The summed E-state index contributed by atoms with van der Waals surface area (Å²) in [6, 6.07) is 7.60. The van der Waals surface area contributed by atoms with Crippen molar-refractivity contribution in [1.29, 1.82) is 0 Å². The highest BCUT2D eigenvalue weighted by Gasteiger charge is 2.10. The Labute approximate surface area is 117 Å². The van der Waals surface area contributed by atoms with Crippen molar-refractivity contribution in [3.05, 3.63) is 63.4 Å². The Balaban J connectivity index is 2.12. The Morgan fingerprint density at radius 3 is 2.26 bits per heavy atom. The molecule has 5 heteroatoms. The van der Waals surface area contributed by atoms with Crippen molar-refractivity contribution >= 4 is 21.6 Å². The van der Waals surface area contributed by atoms with Gasteiger partial charge in [-0.25, -0.2) is 13.2 Å². The minimum atomic E-state index is -1.44. The first-order valence-corrected chi connectivity index (χ1v) is 6.40. The van der Waals surface area contributed by atoms with E-state index in [-0.39, 0.29) is 6.54 Å². The van der Waals surface area contributed by atoms with Gasteiger partial charge in [0.15, 0.2) is 17.5 Å². The van der Waals surface area contributed by atoms with Crippen LogP contribution in [0.5, 0.6) is 0 Å². The molecule has 2 rings (SSSR count). The molecule has 0 fully saturated rings. The predicted molar refractivity (Wildman–Crippen MR) is 72.5 cm³/mol. The van der Waals surface area contributed by atoms with Crippen LogP contribution in [0.4, 0.5) is 18.9 Å². The molecule has 0 saturated heterocycles. The summed E-state index contributed by atoms with van der Waals surface area (Å²) in [5.74, 6) is -3.80. The number of aryl methyl sites for hydroxylation is 1. The smallest absolute Gasteiger partial charge is 0.194 e. The van der Waals surface area contributed by atoms with Gasteiger partial charge in [-0.1, -0.05) is 22.0 Å². The monoisotopic (exact) mass is 329 g/mol. The molecule has 0 spiro atoms. The lowest BCUT2D eigenvalue weighted by Crippen LogP contribution is -2.02. The molecule has 1 nitrogen and oxygen atoms in total. The summed E-state index contributed by atoms with van der Waals surface area (Å²) in [4.78, 5) is 0. The van der Waals surface area contributed by atoms with Crippen molar-refractivity contribution in [3.63, 3.8) is 0 Å². The fourth-order valence-corrected chi connectivity index (χ4v) is 2.00. The van der Waals surface area contributed by atoms with E-state index in [0.717, 1.165) is 27.9 Å². The number of hydrogen-bond acceptors (Lipinski definition) is 1. The molecule has 0 atom stereocenters. The van der Waals surface area contributed by atoms with E-state index in [2.05, 4.69) is 21.2 Å². The van der Waals surface area contributed by atoms with Crippen LogP contribution in [0.1, 0.15) is 11.1 Å². The summed E-state index contributed by atoms with van der Waals surface area (Å²) in [6.45, 7) is 2.17. The second-order valence-corrected chi connectivity index (χ2v) is 5.05. The van der Waals surface area contributed by atoms with Gasteiger partial charge in [-0.05, 0) is 42.3 Å². The van der Waals surface area contributed by atoms with Gasteiger partial charge in [0.05, 0.1) is 0 Å². The van der Waals surface area contributed by atoms with Crippen molar-refractivity contribution in [2.75, 3.05) is 5.32 Å². The van der Waals surface area contributed by atoms with Crippen LogP contribution in [0.2, 0.25) is 0 Å². The maximum Gasteiger partial charge on any atom is 0.194 e. The lowest BCUT2D eigenvalue weighted by molar-refractivity contribution is 0.445. The van der Waals surface area contributed by atoms with Gasteiger partial charge < -0.3 is 5.32 Å². The van der Waals surface area contributed by atoms with Gasteiger partial charge in [0.2, 0.25) is 0 Å². The number of anilines is 1. The Morgan fingerprint density at radius 1 is 1.05 bits per heavy atom. The largest absolute Gasteiger partial charge is 0.381 e. The molecule has 0 aliphatic carbocycles. The summed E-state index contributed by atoms with van der Waals surface area (Å²) in [5, 5.41) is 3.02. The van der Waals surface area contributed by atoms with E-state index in [1.165, 1.54) is 0 Å². The Hall–Kier alpha value is -1.49. The average molecular weight is 330 g/mol. The minimum Gasteiger partial charge on any atom is -0.381 e. The zero-order valence-corrected chi connectivity index (χ0v) is 11.7. The number of benzene rings is 2. The maximum absolute atomic E-state index is 13.0. The molecule has 1 N–H and O–H groups in total. The zero-order valence-electron chi connectivity index (χ0n) is 10.1. The van der Waals surface area contributed by atoms with E-state index in [4.69, 9.17) is 0 Å². The van der Waals surface area contributed by atoms with Crippen molar-refractivity contribution in [1.82, 2.24) is 0 Å². The first kappa shape index (κ1) is 13.9. The zero-order chi connectivity index (χ0) is 14.0. The fraction of sp³-hybridized carbons (Fsp3) is 0.143. The quantitative estimate of drug-likeness (QED) is 0.798. The SMILES string of the molecule is Cc1ccc(NCc2cc(F)c(F)c(F)c2)cc1Br. The molecule has 0 saturated carbocycles. The molecule has 0 aliphatic rings. The van der Waals surface area contributed by atoms with Crippen LogP contribution >= 0.6 is 15.9 Å². The Bertz CT molecular complexity index is 591. The third-order valence-electron chi connectivity index (χ3n) is 2.71. The fourth-order valence-electron chi connectivity index (χ4n) is 1.62. The standard InChI is InChI=1S/C14H11BrF3N/c1-8-2-3-10(6-11(8)15)19-7-9-4-12(16)14(18)13(17)5-9/h2-6,19H,7H2,1H3. The van der Waals surface area contributed by atoms with Gasteiger partial charge in [-0.15, -0.1) is 0 Å². The average Bonchev–Trinajstić information content (AvgIpc) is 2.37. The topological polar surface area (TPSA) is 12.0 Å². The highest BCUT2D eigenvalue weighted by molar-refractivity contribution is 9.10. The molecule has 2 aromatic rings. The lowest BCUT2D eigenvalue weighted by Gasteiger charge is -2.09. The first-order chi connectivity index (χ1) is 8.97. The van der Waals surface area contributed by atoms with Crippen molar-refractivity contribution in [2.45, 2.75) is 13.5 Å². The molecular weight excluding hydrogens is 319 g/mol. The van der Waals surface area contributed by atoms with Crippen LogP contribution in [0.15, 0.2) is 34.8 Å². The van der Waals surface area contributed by atoms with Gasteiger partial charge in [-0.3, -0.25) is 0 Å². The molecule has 0 aromatic heterocycles. The summed E-state index contributed by atoms with van der Waals surface area (Å²) in [5.41, 5.74) is 2.24. The van der Waals surface area contributed by atoms with E-state index < -0.39 is 17.5 Å². The summed E-state index contributed by atoms with van der Waals surface area (Å²) in [7, 11) is 0. The molecule has 19 heavy (non-hydrogen) atoms. The van der Waals surface area contributed by atoms with E-state index in [1.807, 2.05) is 25.1 Å². The van der Waals surface area contributed by atoms with Crippen molar-refractivity contribution in [3.8, 4) is 0 Å². The molecule has 100 valence electrons. The first-order valence-electron chi connectivity index (χ1n) is 5.61. The van der Waals surface area contributed by atoms with Gasteiger partial charge in [0.25, 0.3) is 0 Å². The third-order valence-corrected chi connectivity index (χ3v) is 3.57. The van der Waals surface area contributed by atoms with Crippen LogP contribution in [0.25, 0.3) is 0 Å². The minimum absolute atomic E-state index is 0.212. The van der Waals surface area contributed by atoms with Gasteiger partial charge >= 0.3 is 0 Å². The molecule has 0 unspecified atom stereocenters. The van der Waals surface area contributed by atoms with E-state index in [9.17, 15) is 13.2 Å². The molecule has 0 heterocycles. The Kier molecular flexibility index (Phi) is 4.14. The van der Waals surface area contributed by atoms with E-state index in [1.54, 1.807) is 0 Å². The van der Waals surface area contributed by atoms with Crippen LogP contribution in [-0.2, 0) is 6.54 Å². The predicted octanol–water partition coefficient (Wildman–Crippen LogP) is 4.79.